The highest BCUT2D eigenvalue weighted by Crippen LogP contribution is 2.22. The summed E-state index contributed by atoms with van der Waals surface area (Å²) in [5.74, 6) is 2.22. The molecule has 128 valence electrons. The molecule has 0 bridgehead atoms. The summed E-state index contributed by atoms with van der Waals surface area (Å²) >= 11 is 1.59. The molecule has 0 saturated carbocycles. The number of carbonyl (C=O) groups excluding carboxylic acids is 1. The second-order valence-corrected chi connectivity index (χ2v) is 6.79. The number of ether oxygens (including phenoxy) is 1. The Kier molecular flexibility index (Phi) is 7.19. The van der Waals surface area contributed by atoms with Gasteiger partial charge < -0.3 is 10.1 Å². The zero-order valence-corrected chi connectivity index (χ0v) is 15.4. The van der Waals surface area contributed by atoms with Gasteiger partial charge in [-0.1, -0.05) is 43.3 Å². The van der Waals surface area contributed by atoms with Gasteiger partial charge >= 0.3 is 0 Å². The van der Waals surface area contributed by atoms with Crippen molar-refractivity contribution >= 4 is 23.4 Å². The molecular weight excluding hydrogens is 318 g/mol. The van der Waals surface area contributed by atoms with Gasteiger partial charge in [0.2, 0.25) is 5.91 Å². The first-order valence-corrected chi connectivity index (χ1v) is 9.41. The maximum absolute atomic E-state index is 12.0. The summed E-state index contributed by atoms with van der Waals surface area (Å²) < 4.78 is 5.85. The maximum Gasteiger partial charge on any atom is 0.234 e. The van der Waals surface area contributed by atoms with Crippen LogP contribution < -0.4 is 10.1 Å². The molecule has 0 heterocycles. The lowest BCUT2D eigenvalue weighted by Crippen LogP contribution is -2.16. The summed E-state index contributed by atoms with van der Waals surface area (Å²) in [6.45, 7) is 6.79. The minimum absolute atomic E-state index is 0.0352. The van der Waals surface area contributed by atoms with Crippen molar-refractivity contribution in [3.8, 4) is 5.75 Å². The Morgan fingerprint density at radius 1 is 1.08 bits per heavy atom. The van der Waals surface area contributed by atoms with Gasteiger partial charge in [0, 0.05) is 11.4 Å². The normalized spacial score (nSPS) is 10.5. The number of rotatable bonds is 8. The molecule has 2 aromatic carbocycles. The molecule has 3 nitrogen and oxygen atoms in total. The fraction of sp³-hybridized carbons (Fsp3) is 0.350. The SMILES string of the molecule is CCc1ccccc1NC(=O)CSCCOc1c(C)cccc1C. The molecule has 24 heavy (non-hydrogen) atoms. The van der Waals surface area contributed by atoms with Crippen molar-refractivity contribution in [3.63, 3.8) is 0 Å². The molecule has 0 saturated heterocycles. The number of anilines is 1. The Morgan fingerprint density at radius 2 is 1.79 bits per heavy atom. The fourth-order valence-electron chi connectivity index (χ4n) is 2.53. The summed E-state index contributed by atoms with van der Waals surface area (Å²) in [5, 5.41) is 2.99. The Labute approximate surface area is 148 Å². The number of thioether (sulfide) groups is 1. The molecule has 1 amide bonds. The molecule has 2 rings (SSSR count). The van der Waals surface area contributed by atoms with E-state index in [2.05, 4.69) is 12.2 Å². The number of aryl methyl sites for hydroxylation is 3. The lowest BCUT2D eigenvalue weighted by molar-refractivity contribution is -0.113. The fourth-order valence-corrected chi connectivity index (χ4v) is 3.13. The smallest absolute Gasteiger partial charge is 0.234 e. The molecule has 0 aliphatic rings. The average Bonchev–Trinajstić information content (AvgIpc) is 2.57. The predicted octanol–water partition coefficient (Wildman–Crippen LogP) is 4.62. The lowest BCUT2D eigenvalue weighted by atomic mass is 10.1. The van der Waals surface area contributed by atoms with Gasteiger partial charge in [-0.15, -0.1) is 11.8 Å². The first-order valence-electron chi connectivity index (χ1n) is 8.26. The van der Waals surface area contributed by atoms with E-state index in [4.69, 9.17) is 4.74 Å². The van der Waals surface area contributed by atoms with E-state index in [-0.39, 0.29) is 5.91 Å². The van der Waals surface area contributed by atoms with Gasteiger partial charge in [-0.3, -0.25) is 4.79 Å². The highest BCUT2D eigenvalue weighted by atomic mass is 32.2. The number of carbonyl (C=O) groups is 1. The second kappa shape index (κ2) is 9.38. The van der Waals surface area contributed by atoms with Crippen LogP contribution in [0.25, 0.3) is 0 Å². The van der Waals surface area contributed by atoms with Gasteiger partial charge in [0.25, 0.3) is 0 Å². The largest absolute Gasteiger partial charge is 0.492 e. The van der Waals surface area contributed by atoms with Crippen molar-refractivity contribution in [2.75, 3.05) is 23.4 Å². The zero-order valence-electron chi connectivity index (χ0n) is 14.6. The van der Waals surface area contributed by atoms with E-state index >= 15 is 0 Å². The van der Waals surface area contributed by atoms with Crippen molar-refractivity contribution in [2.45, 2.75) is 27.2 Å². The molecule has 0 radical (unpaired) electrons. The molecule has 1 N–H and O–H groups in total. The first-order chi connectivity index (χ1) is 11.6. The van der Waals surface area contributed by atoms with Crippen molar-refractivity contribution in [3.05, 3.63) is 59.2 Å². The van der Waals surface area contributed by atoms with Crippen molar-refractivity contribution in [2.24, 2.45) is 0 Å². The van der Waals surface area contributed by atoms with Crippen LogP contribution in [0.4, 0.5) is 5.69 Å². The van der Waals surface area contributed by atoms with Gasteiger partial charge in [0.1, 0.15) is 5.75 Å². The molecular formula is C20H25NO2S. The van der Waals surface area contributed by atoms with Gasteiger partial charge in [0.05, 0.1) is 12.4 Å². The van der Waals surface area contributed by atoms with Crippen LogP contribution in [0, 0.1) is 13.8 Å². The zero-order chi connectivity index (χ0) is 17.4. The minimum atomic E-state index is 0.0352. The van der Waals surface area contributed by atoms with Crippen LogP contribution in [0.1, 0.15) is 23.6 Å². The van der Waals surface area contributed by atoms with Crippen molar-refractivity contribution < 1.29 is 9.53 Å². The molecule has 2 aromatic rings. The number of benzene rings is 2. The van der Waals surface area contributed by atoms with E-state index in [0.29, 0.717) is 12.4 Å². The lowest BCUT2D eigenvalue weighted by Gasteiger charge is -2.12. The van der Waals surface area contributed by atoms with Gasteiger partial charge in [0.15, 0.2) is 0 Å². The number of nitrogens with one attached hydrogen (secondary N) is 1. The predicted molar refractivity (Wildman–Crippen MR) is 103 cm³/mol. The summed E-state index contributed by atoms with van der Waals surface area (Å²) in [7, 11) is 0. The number of amides is 1. The van der Waals surface area contributed by atoms with E-state index < -0.39 is 0 Å². The van der Waals surface area contributed by atoms with Crippen LogP contribution in [-0.4, -0.2) is 24.0 Å². The van der Waals surface area contributed by atoms with Crippen molar-refractivity contribution in [1.29, 1.82) is 0 Å². The topological polar surface area (TPSA) is 38.3 Å². The molecule has 0 unspecified atom stereocenters. The Balaban J connectivity index is 1.71. The summed E-state index contributed by atoms with van der Waals surface area (Å²) in [5.41, 5.74) is 4.37. The molecule has 0 fully saturated rings. The highest BCUT2D eigenvalue weighted by molar-refractivity contribution is 7.99. The van der Waals surface area contributed by atoms with Crippen molar-refractivity contribution in [1.82, 2.24) is 0 Å². The van der Waals surface area contributed by atoms with Gasteiger partial charge in [-0.05, 0) is 43.0 Å². The Hall–Kier alpha value is -1.94. The molecule has 0 spiro atoms. The van der Waals surface area contributed by atoms with Crippen LogP contribution in [-0.2, 0) is 11.2 Å². The summed E-state index contributed by atoms with van der Waals surface area (Å²) in [6, 6.07) is 14.1. The van der Waals surface area contributed by atoms with Crippen LogP contribution in [0.5, 0.6) is 5.75 Å². The quantitative estimate of drug-likeness (QED) is 0.711. The van der Waals surface area contributed by atoms with Crippen LogP contribution in [0.3, 0.4) is 0 Å². The Bertz CT molecular complexity index is 665. The average molecular weight is 343 g/mol. The third-order valence-electron chi connectivity index (χ3n) is 3.79. The number of hydrogen-bond acceptors (Lipinski definition) is 3. The number of para-hydroxylation sites is 2. The minimum Gasteiger partial charge on any atom is -0.492 e. The monoisotopic (exact) mass is 343 g/mol. The van der Waals surface area contributed by atoms with E-state index in [1.165, 1.54) is 0 Å². The molecule has 4 heteroatoms. The third kappa shape index (κ3) is 5.31. The maximum atomic E-state index is 12.0. The second-order valence-electron chi connectivity index (χ2n) is 5.68. The summed E-state index contributed by atoms with van der Waals surface area (Å²) in [6.07, 6.45) is 0.910. The standard InChI is InChI=1S/C20H25NO2S/c1-4-17-10-5-6-11-18(17)21-19(22)14-24-13-12-23-20-15(2)8-7-9-16(20)3/h5-11H,4,12-14H2,1-3H3,(H,21,22). The molecule has 0 atom stereocenters. The van der Waals surface area contributed by atoms with E-state index in [0.717, 1.165) is 40.3 Å². The van der Waals surface area contributed by atoms with Crippen LogP contribution >= 0.6 is 11.8 Å². The highest BCUT2D eigenvalue weighted by Gasteiger charge is 2.06. The molecule has 0 aliphatic carbocycles. The van der Waals surface area contributed by atoms with Crippen LogP contribution in [0.2, 0.25) is 0 Å². The van der Waals surface area contributed by atoms with Crippen LogP contribution in [0.15, 0.2) is 42.5 Å². The van der Waals surface area contributed by atoms with E-state index in [9.17, 15) is 4.79 Å². The first kappa shape index (κ1) is 18.4. The summed E-state index contributed by atoms with van der Waals surface area (Å²) in [4.78, 5) is 12.0. The Morgan fingerprint density at radius 3 is 2.50 bits per heavy atom. The van der Waals surface area contributed by atoms with E-state index in [1.54, 1.807) is 11.8 Å². The number of hydrogen-bond donors (Lipinski definition) is 1. The van der Waals surface area contributed by atoms with Gasteiger partial charge in [-0.25, -0.2) is 0 Å². The molecule has 0 aromatic heterocycles. The third-order valence-corrected chi connectivity index (χ3v) is 4.71. The van der Waals surface area contributed by atoms with Gasteiger partial charge in [-0.2, -0.15) is 0 Å². The molecule has 0 aliphatic heterocycles. The van der Waals surface area contributed by atoms with E-state index in [1.807, 2.05) is 56.3 Å².